The van der Waals surface area contributed by atoms with Gasteiger partial charge in [0.1, 0.15) is 34.5 Å². The van der Waals surface area contributed by atoms with Gasteiger partial charge in [-0.2, -0.15) is 0 Å². The molecule has 11 heteroatoms. The molecule has 3 aliphatic heterocycles. The van der Waals surface area contributed by atoms with E-state index < -0.39 is 0 Å². The summed E-state index contributed by atoms with van der Waals surface area (Å²) in [5.74, 6) is 0.747. The summed E-state index contributed by atoms with van der Waals surface area (Å²) < 4.78 is 11.8. The molecular weight excluding hydrogens is 484 g/mol. The Morgan fingerprint density at radius 3 is 2.67 bits per heavy atom. The zero-order valence-electron chi connectivity index (χ0n) is 20.4. The molecule has 0 bridgehead atoms. The molecule has 36 heavy (non-hydrogen) atoms. The molecule has 2 aromatic heterocycles. The largest absolute Gasteiger partial charge is 0.489 e. The Kier molecular flexibility index (Phi) is 6.48. The van der Waals surface area contributed by atoms with Crippen LogP contribution >= 0.6 is 11.6 Å². The smallest absolute Gasteiger partial charge is 0.261 e. The molecule has 3 aliphatic rings. The molecule has 2 fully saturated rings. The van der Waals surface area contributed by atoms with E-state index in [2.05, 4.69) is 11.6 Å². The first-order valence-corrected chi connectivity index (χ1v) is 12.3. The number of amides is 2. The Labute approximate surface area is 214 Å². The van der Waals surface area contributed by atoms with E-state index in [1.165, 1.54) is 6.08 Å². The maximum absolute atomic E-state index is 14.0. The van der Waals surface area contributed by atoms with Crippen molar-refractivity contribution < 1.29 is 19.1 Å². The summed E-state index contributed by atoms with van der Waals surface area (Å²) in [6, 6.07) is 1.47. The number of carbonyl (C=O) groups excluding carboxylic acids is 2. The van der Waals surface area contributed by atoms with Crippen molar-refractivity contribution in [3.8, 4) is 17.1 Å². The molecule has 2 saturated heterocycles. The number of carbonyl (C=O) groups is 2. The second-order valence-corrected chi connectivity index (χ2v) is 9.57. The molecule has 0 unspecified atom stereocenters. The number of rotatable bonds is 3. The lowest BCUT2D eigenvalue weighted by atomic mass is 10.0. The quantitative estimate of drug-likeness (QED) is 0.622. The molecule has 2 aromatic rings. The fourth-order valence-corrected chi connectivity index (χ4v) is 5.21. The van der Waals surface area contributed by atoms with E-state index >= 15 is 0 Å². The minimum atomic E-state index is -0.325. The van der Waals surface area contributed by atoms with Gasteiger partial charge in [0.2, 0.25) is 5.91 Å². The average Bonchev–Trinajstić information content (AvgIpc) is 3.03. The van der Waals surface area contributed by atoms with E-state index in [0.29, 0.717) is 74.5 Å². The molecule has 2 amide bonds. The van der Waals surface area contributed by atoms with Gasteiger partial charge in [-0.1, -0.05) is 18.2 Å². The first-order chi connectivity index (χ1) is 17.3. The number of fused-ring (bicyclic) bond motifs is 2. The van der Waals surface area contributed by atoms with Crippen LogP contribution in [0.25, 0.3) is 11.4 Å². The predicted molar refractivity (Wildman–Crippen MR) is 136 cm³/mol. The normalized spacial score (nSPS) is 19.8. The number of halogens is 1. The van der Waals surface area contributed by atoms with Gasteiger partial charge in [-0.25, -0.2) is 9.97 Å². The molecule has 0 aromatic carbocycles. The summed E-state index contributed by atoms with van der Waals surface area (Å²) in [6.45, 7) is 11.0. The standard InChI is InChI=1S/C25H29ClN6O4/c1-4-18(33)31-5-6-32-16(12-31)13-36-23-19(25(32)34)24(30-7-9-35-10-8-30)29-22(20(23)26)21-15(3)14(2)11-17(27)28-21/h4,11,16H,1,5-10,12-13H2,2-3H3,(H2,27,28)/t16-/m1/s1. The number of aryl methyl sites for hydroxylation is 1. The van der Waals surface area contributed by atoms with Crippen LogP contribution < -0.4 is 15.4 Å². The van der Waals surface area contributed by atoms with Gasteiger partial charge in [0.15, 0.2) is 5.75 Å². The summed E-state index contributed by atoms with van der Waals surface area (Å²) in [4.78, 5) is 41.1. The summed E-state index contributed by atoms with van der Waals surface area (Å²) in [5, 5.41) is 0.217. The number of pyridine rings is 2. The fourth-order valence-electron chi connectivity index (χ4n) is 4.93. The Balaban J connectivity index is 1.66. The van der Waals surface area contributed by atoms with Crippen LogP contribution in [-0.2, 0) is 9.53 Å². The van der Waals surface area contributed by atoms with Crippen molar-refractivity contribution >= 4 is 35.1 Å². The number of nitrogens with two attached hydrogens (primary N) is 1. The maximum atomic E-state index is 14.0. The third-order valence-corrected chi connectivity index (χ3v) is 7.38. The lowest BCUT2D eigenvalue weighted by Gasteiger charge is -2.39. The van der Waals surface area contributed by atoms with Crippen LogP contribution in [0, 0.1) is 13.8 Å². The lowest BCUT2D eigenvalue weighted by Crippen LogP contribution is -2.57. The molecule has 0 aliphatic carbocycles. The van der Waals surface area contributed by atoms with Crippen LogP contribution in [0.1, 0.15) is 21.5 Å². The first-order valence-electron chi connectivity index (χ1n) is 12.0. The molecule has 5 rings (SSSR count). The highest BCUT2D eigenvalue weighted by molar-refractivity contribution is 6.35. The lowest BCUT2D eigenvalue weighted by molar-refractivity contribution is -0.128. The van der Waals surface area contributed by atoms with Gasteiger partial charge in [-0.3, -0.25) is 9.59 Å². The van der Waals surface area contributed by atoms with Crippen LogP contribution in [0.15, 0.2) is 18.7 Å². The third kappa shape index (κ3) is 4.14. The van der Waals surface area contributed by atoms with Crippen LogP contribution in [0.2, 0.25) is 5.02 Å². The van der Waals surface area contributed by atoms with Crippen LogP contribution in [0.4, 0.5) is 11.6 Å². The van der Waals surface area contributed by atoms with E-state index in [1.807, 2.05) is 18.7 Å². The zero-order chi connectivity index (χ0) is 25.6. The first kappa shape index (κ1) is 24.3. The molecule has 10 nitrogen and oxygen atoms in total. The molecule has 2 N–H and O–H groups in total. The van der Waals surface area contributed by atoms with Crippen molar-refractivity contribution in [3.63, 3.8) is 0 Å². The van der Waals surface area contributed by atoms with E-state index in [4.69, 9.17) is 31.8 Å². The minimum absolute atomic E-state index is 0.168. The molecule has 190 valence electrons. The molecule has 0 spiro atoms. The second-order valence-electron chi connectivity index (χ2n) is 9.19. The van der Waals surface area contributed by atoms with Crippen molar-refractivity contribution in [2.75, 3.05) is 63.2 Å². The zero-order valence-corrected chi connectivity index (χ0v) is 21.2. The predicted octanol–water partition coefficient (Wildman–Crippen LogP) is 2.06. The van der Waals surface area contributed by atoms with E-state index in [0.717, 1.165) is 11.1 Å². The van der Waals surface area contributed by atoms with Gasteiger partial charge < -0.3 is 29.9 Å². The second kappa shape index (κ2) is 9.59. The highest BCUT2D eigenvalue weighted by atomic mass is 35.5. The summed E-state index contributed by atoms with van der Waals surface area (Å²) in [6.07, 6.45) is 1.29. The van der Waals surface area contributed by atoms with Crippen molar-refractivity contribution in [3.05, 3.63) is 40.4 Å². The fraction of sp³-hybridized carbons (Fsp3) is 0.440. The highest BCUT2D eigenvalue weighted by Gasteiger charge is 2.40. The Morgan fingerprint density at radius 2 is 1.94 bits per heavy atom. The number of nitrogen functional groups attached to an aromatic ring is 1. The number of hydrogen-bond acceptors (Lipinski definition) is 8. The number of aromatic nitrogens is 2. The SMILES string of the molecule is C=CC(=O)N1CCN2C(=O)c3c(N4CCOCC4)nc(-c4nc(N)cc(C)c4C)c(Cl)c3OC[C@H]2C1. The molecule has 1 atom stereocenters. The van der Waals surface area contributed by atoms with E-state index in [1.54, 1.807) is 15.9 Å². The molecule has 0 radical (unpaired) electrons. The van der Waals surface area contributed by atoms with Gasteiger partial charge >= 0.3 is 0 Å². The number of ether oxygens (including phenoxy) is 2. The number of piperazine rings is 1. The molecule has 5 heterocycles. The number of anilines is 2. The summed E-state index contributed by atoms with van der Waals surface area (Å²) in [5.41, 5.74) is 9.22. The van der Waals surface area contributed by atoms with Crippen molar-refractivity contribution in [2.45, 2.75) is 19.9 Å². The third-order valence-electron chi connectivity index (χ3n) is 7.03. The van der Waals surface area contributed by atoms with Crippen molar-refractivity contribution in [1.29, 1.82) is 0 Å². The molecule has 0 saturated carbocycles. The van der Waals surface area contributed by atoms with Crippen LogP contribution in [0.5, 0.6) is 5.75 Å². The topological polar surface area (TPSA) is 114 Å². The van der Waals surface area contributed by atoms with Gasteiger partial charge in [0, 0.05) is 32.7 Å². The number of morpholine rings is 1. The monoisotopic (exact) mass is 512 g/mol. The Morgan fingerprint density at radius 1 is 1.19 bits per heavy atom. The Hall–Kier alpha value is -3.37. The van der Waals surface area contributed by atoms with Gasteiger partial charge in [-0.05, 0) is 37.1 Å². The summed E-state index contributed by atoms with van der Waals surface area (Å²) in [7, 11) is 0. The highest BCUT2D eigenvalue weighted by Crippen LogP contribution is 2.44. The van der Waals surface area contributed by atoms with Crippen LogP contribution in [0.3, 0.4) is 0 Å². The Bertz CT molecular complexity index is 1250. The maximum Gasteiger partial charge on any atom is 0.261 e. The molecular formula is C25H29ClN6O4. The van der Waals surface area contributed by atoms with Crippen molar-refractivity contribution in [2.24, 2.45) is 0 Å². The summed E-state index contributed by atoms with van der Waals surface area (Å²) >= 11 is 6.93. The number of hydrogen-bond donors (Lipinski definition) is 1. The van der Waals surface area contributed by atoms with Gasteiger partial charge in [0.05, 0.1) is 24.9 Å². The number of nitrogens with zero attached hydrogens (tertiary/aromatic N) is 5. The van der Waals surface area contributed by atoms with Crippen LogP contribution in [-0.4, -0.2) is 90.2 Å². The van der Waals surface area contributed by atoms with E-state index in [-0.39, 0.29) is 35.2 Å². The minimum Gasteiger partial charge on any atom is -0.489 e. The van der Waals surface area contributed by atoms with E-state index in [9.17, 15) is 9.59 Å². The van der Waals surface area contributed by atoms with Gasteiger partial charge in [0.25, 0.3) is 5.91 Å². The van der Waals surface area contributed by atoms with Gasteiger partial charge in [-0.15, -0.1) is 0 Å². The average molecular weight is 513 g/mol. The van der Waals surface area contributed by atoms with Crippen molar-refractivity contribution in [1.82, 2.24) is 19.8 Å².